The van der Waals surface area contributed by atoms with Gasteiger partial charge in [-0.3, -0.25) is 4.90 Å². The van der Waals surface area contributed by atoms with Crippen LogP contribution < -0.4 is 5.73 Å². The fourth-order valence-corrected chi connectivity index (χ4v) is 3.95. The lowest BCUT2D eigenvalue weighted by atomic mass is 9.81. The Balaban J connectivity index is 1.88. The minimum atomic E-state index is -0.494. The van der Waals surface area contributed by atoms with Gasteiger partial charge >= 0.3 is 6.09 Å². The average Bonchev–Trinajstić information content (AvgIpc) is 3.08. The van der Waals surface area contributed by atoms with Gasteiger partial charge in [0.25, 0.3) is 0 Å². The van der Waals surface area contributed by atoms with E-state index in [1.807, 2.05) is 44.7 Å². The molecule has 2 saturated heterocycles. The molecule has 2 aliphatic rings. The van der Waals surface area contributed by atoms with Crippen molar-refractivity contribution < 1.29 is 13.9 Å². The lowest BCUT2D eigenvalue weighted by Crippen LogP contribution is -2.53. The van der Waals surface area contributed by atoms with Gasteiger partial charge in [-0.25, -0.2) is 4.79 Å². The smallest absolute Gasteiger partial charge is 0.411 e. The third-order valence-electron chi connectivity index (χ3n) is 4.90. The SMILES string of the molecule is Cc1ccc(C(N)C23CCC(CC2)N3C(=O)OC(C)(C)C)o1. The van der Waals surface area contributed by atoms with E-state index in [4.69, 9.17) is 14.9 Å². The van der Waals surface area contributed by atoms with Gasteiger partial charge in [0.15, 0.2) is 0 Å². The maximum atomic E-state index is 12.7. The van der Waals surface area contributed by atoms with E-state index in [0.29, 0.717) is 0 Å². The molecule has 3 rings (SSSR count). The van der Waals surface area contributed by atoms with Crippen LogP contribution in [0.25, 0.3) is 0 Å². The summed E-state index contributed by atoms with van der Waals surface area (Å²) in [5, 5.41) is 0. The van der Waals surface area contributed by atoms with E-state index in [2.05, 4.69) is 0 Å². The van der Waals surface area contributed by atoms with E-state index in [-0.39, 0.29) is 23.7 Å². The van der Waals surface area contributed by atoms with E-state index in [9.17, 15) is 4.79 Å². The van der Waals surface area contributed by atoms with Crippen LogP contribution in [0.15, 0.2) is 16.5 Å². The molecule has 3 heterocycles. The minimum Gasteiger partial charge on any atom is -0.465 e. The van der Waals surface area contributed by atoms with Crippen LogP contribution in [0.5, 0.6) is 0 Å². The van der Waals surface area contributed by atoms with E-state index < -0.39 is 5.60 Å². The summed E-state index contributed by atoms with van der Waals surface area (Å²) in [6.07, 6.45) is 3.57. The molecule has 1 unspecified atom stereocenters. The summed E-state index contributed by atoms with van der Waals surface area (Å²) in [4.78, 5) is 14.6. The molecule has 2 fully saturated rings. The zero-order chi connectivity index (χ0) is 16.1. The highest BCUT2D eigenvalue weighted by molar-refractivity contribution is 5.71. The predicted octanol–water partition coefficient (Wildman–Crippen LogP) is 3.52. The van der Waals surface area contributed by atoms with Gasteiger partial charge in [0, 0.05) is 6.04 Å². The molecule has 0 spiro atoms. The molecular weight excluding hydrogens is 280 g/mol. The molecule has 5 nitrogen and oxygen atoms in total. The van der Waals surface area contributed by atoms with Crippen molar-refractivity contribution in [3.8, 4) is 0 Å². The Labute approximate surface area is 131 Å². The van der Waals surface area contributed by atoms with Crippen LogP contribution in [0.3, 0.4) is 0 Å². The monoisotopic (exact) mass is 306 g/mol. The summed E-state index contributed by atoms with van der Waals surface area (Å²) < 4.78 is 11.3. The Kier molecular flexibility index (Phi) is 3.51. The lowest BCUT2D eigenvalue weighted by molar-refractivity contribution is 0.00409. The largest absolute Gasteiger partial charge is 0.465 e. The van der Waals surface area contributed by atoms with E-state index in [1.165, 1.54) is 0 Å². The Morgan fingerprint density at radius 3 is 2.55 bits per heavy atom. The number of carbonyl (C=O) groups is 1. The average molecular weight is 306 g/mol. The van der Waals surface area contributed by atoms with Crippen LogP contribution >= 0.6 is 0 Å². The van der Waals surface area contributed by atoms with Crippen LogP contribution in [0.2, 0.25) is 0 Å². The zero-order valence-corrected chi connectivity index (χ0v) is 13.9. The van der Waals surface area contributed by atoms with Gasteiger partial charge in [0.05, 0.1) is 11.6 Å². The van der Waals surface area contributed by atoms with E-state index in [0.717, 1.165) is 37.2 Å². The molecule has 122 valence electrons. The lowest BCUT2D eigenvalue weighted by Gasteiger charge is -2.39. The molecule has 0 radical (unpaired) electrons. The first kappa shape index (κ1) is 15.4. The van der Waals surface area contributed by atoms with Crippen LogP contribution in [-0.4, -0.2) is 28.2 Å². The second-order valence-electron chi connectivity index (χ2n) is 7.61. The Bertz CT molecular complexity index is 565. The molecule has 1 atom stereocenters. The summed E-state index contributed by atoms with van der Waals surface area (Å²) in [6, 6.07) is 3.79. The Morgan fingerprint density at radius 1 is 1.41 bits per heavy atom. The number of fused-ring (bicyclic) bond motifs is 2. The highest BCUT2D eigenvalue weighted by Gasteiger charge is 2.58. The fraction of sp³-hybridized carbons (Fsp3) is 0.706. The molecular formula is C17H26N2O3. The standard InChI is InChI=1S/C17H26N2O3/c1-11-5-6-13(21-11)14(18)17-9-7-12(8-10-17)19(17)15(20)22-16(2,3)4/h5-6,12,14H,7-10,18H2,1-4H3. The van der Waals surface area contributed by atoms with Crippen LogP contribution in [0.1, 0.15) is 64.0 Å². The molecule has 2 N–H and O–H groups in total. The normalized spacial score (nSPS) is 29.0. The van der Waals surface area contributed by atoms with Crippen LogP contribution in [0, 0.1) is 6.92 Å². The van der Waals surface area contributed by atoms with Gasteiger partial charge < -0.3 is 14.9 Å². The summed E-state index contributed by atoms with van der Waals surface area (Å²) in [7, 11) is 0. The van der Waals surface area contributed by atoms with Crippen molar-refractivity contribution in [1.82, 2.24) is 4.90 Å². The zero-order valence-electron chi connectivity index (χ0n) is 13.9. The summed E-state index contributed by atoms with van der Waals surface area (Å²) in [5.74, 6) is 1.60. The van der Waals surface area contributed by atoms with Gasteiger partial charge in [0.2, 0.25) is 0 Å². The molecule has 2 aliphatic heterocycles. The minimum absolute atomic E-state index is 0.244. The molecule has 1 aromatic rings. The summed E-state index contributed by atoms with van der Waals surface area (Å²) in [5.41, 5.74) is 5.68. The summed E-state index contributed by atoms with van der Waals surface area (Å²) in [6.45, 7) is 7.59. The number of nitrogens with zero attached hydrogens (tertiary/aromatic N) is 1. The van der Waals surface area contributed by atoms with Crippen molar-refractivity contribution >= 4 is 6.09 Å². The van der Waals surface area contributed by atoms with Crippen molar-refractivity contribution in [1.29, 1.82) is 0 Å². The number of hydrogen-bond acceptors (Lipinski definition) is 4. The molecule has 22 heavy (non-hydrogen) atoms. The first-order chi connectivity index (χ1) is 10.2. The first-order valence-electron chi connectivity index (χ1n) is 8.07. The number of hydrogen-bond donors (Lipinski definition) is 1. The predicted molar refractivity (Wildman–Crippen MR) is 83.4 cm³/mol. The number of carbonyl (C=O) groups excluding carboxylic acids is 1. The second kappa shape index (κ2) is 5.01. The van der Waals surface area contributed by atoms with Gasteiger partial charge in [0.1, 0.15) is 17.1 Å². The van der Waals surface area contributed by atoms with Crippen LogP contribution in [-0.2, 0) is 4.74 Å². The van der Waals surface area contributed by atoms with Crippen molar-refractivity contribution in [3.63, 3.8) is 0 Å². The van der Waals surface area contributed by atoms with Crippen molar-refractivity contribution in [2.45, 2.75) is 76.6 Å². The van der Waals surface area contributed by atoms with Crippen molar-refractivity contribution in [2.75, 3.05) is 0 Å². The Hall–Kier alpha value is -1.49. The van der Waals surface area contributed by atoms with Crippen LogP contribution in [0.4, 0.5) is 4.79 Å². The second-order valence-corrected chi connectivity index (χ2v) is 7.61. The number of furan rings is 1. The number of nitrogens with two attached hydrogens (primary N) is 1. The van der Waals surface area contributed by atoms with Gasteiger partial charge in [-0.2, -0.15) is 0 Å². The van der Waals surface area contributed by atoms with Crippen molar-refractivity contribution in [2.24, 2.45) is 5.73 Å². The fourth-order valence-electron chi connectivity index (χ4n) is 3.95. The quantitative estimate of drug-likeness (QED) is 0.907. The third-order valence-corrected chi connectivity index (χ3v) is 4.90. The number of ether oxygens (including phenoxy) is 1. The number of aryl methyl sites for hydroxylation is 1. The van der Waals surface area contributed by atoms with Gasteiger partial charge in [-0.15, -0.1) is 0 Å². The van der Waals surface area contributed by atoms with Gasteiger partial charge in [-0.1, -0.05) is 0 Å². The molecule has 0 aromatic carbocycles. The number of rotatable bonds is 2. The van der Waals surface area contributed by atoms with Crippen molar-refractivity contribution in [3.05, 3.63) is 23.7 Å². The maximum absolute atomic E-state index is 12.7. The molecule has 5 heteroatoms. The summed E-state index contributed by atoms with van der Waals surface area (Å²) >= 11 is 0. The molecule has 0 saturated carbocycles. The Morgan fingerprint density at radius 2 is 2.05 bits per heavy atom. The van der Waals surface area contributed by atoms with E-state index >= 15 is 0 Å². The van der Waals surface area contributed by atoms with Gasteiger partial charge in [-0.05, 0) is 65.5 Å². The maximum Gasteiger partial charge on any atom is 0.411 e. The third kappa shape index (κ3) is 2.41. The van der Waals surface area contributed by atoms with E-state index in [1.54, 1.807) is 0 Å². The topological polar surface area (TPSA) is 68.7 Å². The molecule has 1 amide bonds. The highest BCUT2D eigenvalue weighted by atomic mass is 16.6. The number of amides is 1. The molecule has 2 bridgehead atoms. The highest BCUT2D eigenvalue weighted by Crippen LogP contribution is 2.52. The molecule has 0 aliphatic carbocycles. The first-order valence-corrected chi connectivity index (χ1v) is 8.07. The molecule has 1 aromatic heterocycles.